The average Bonchev–Trinajstić information content (AvgIpc) is 3.22. The van der Waals surface area contributed by atoms with Gasteiger partial charge in [0.15, 0.2) is 5.75 Å². The minimum atomic E-state index is -0.955. The summed E-state index contributed by atoms with van der Waals surface area (Å²) in [5.74, 6) is -0.617. The van der Waals surface area contributed by atoms with Gasteiger partial charge in [-0.15, -0.1) is 0 Å². The standard InChI is InChI=1S/C21H22F2N2O3/c22-16-1-3-17(4-2-16)28-18-7-13-9-25(10-14(13)8-18)11-15(12-26)19-5-6-20(27)21(23)24-19/h1-6,12-15,18,27H,7-11H2. The number of halogens is 2. The maximum Gasteiger partial charge on any atom is 0.255 e. The summed E-state index contributed by atoms with van der Waals surface area (Å²) in [5.41, 5.74) is 0.333. The third kappa shape index (κ3) is 3.99. The lowest BCUT2D eigenvalue weighted by molar-refractivity contribution is -0.109. The molecular weight excluding hydrogens is 366 g/mol. The number of hydrogen-bond donors (Lipinski definition) is 1. The Labute approximate surface area is 162 Å². The first-order valence-corrected chi connectivity index (χ1v) is 9.47. The lowest BCUT2D eigenvalue weighted by Gasteiger charge is -2.22. The summed E-state index contributed by atoms with van der Waals surface area (Å²) in [6.07, 6.45) is 2.76. The van der Waals surface area contributed by atoms with E-state index in [1.54, 1.807) is 12.1 Å². The smallest absolute Gasteiger partial charge is 0.255 e. The number of aldehydes is 1. The predicted octanol–water partition coefficient (Wildman–Crippen LogP) is 3.14. The highest BCUT2D eigenvalue weighted by Crippen LogP contribution is 2.40. The summed E-state index contributed by atoms with van der Waals surface area (Å²) in [4.78, 5) is 17.4. The van der Waals surface area contributed by atoms with Crippen molar-refractivity contribution in [2.45, 2.75) is 24.9 Å². The fourth-order valence-electron chi connectivity index (χ4n) is 4.42. The number of benzene rings is 1. The van der Waals surface area contributed by atoms with Crippen LogP contribution in [0.25, 0.3) is 0 Å². The zero-order valence-corrected chi connectivity index (χ0v) is 15.3. The van der Waals surface area contributed by atoms with Crippen molar-refractivity contribution >= 4 is 6.29 Å². The molecule has 0 amide bonds. The fourth-order valence-corrected chi connectivity index (χ4v) is 4.42. The molecule has 1 N–H and O–H groups in total. The number of fused-ring (bicyclic) bond motifs is 1. The molecule has 2 aliphatic rings. The molecule has 5 nitrogen and oxygen atoms in total. The summed E-state index contributed by atoms with van der Waals surface area (Å²) in [5, 5.41) is 9.27. The number of hydrogen-bond acceptors (Lipinski definition) is 5. The Morgan fingerprint density at radius 3 is 2.43 bits per heavy atom. The molecule has 1 aliphatic carbocycles. The van der Waals surface area contributed by atoms with Crippen LogP contribution in [0.5, 0.6) is 11.5 Å². The SMILES string of the molecule is O=CC(CN1CC2CC(Oc3ccc(F)cc3)CC2C1)c1ccc(O)c(F)n1. The molecule has 1 aromatic carbocycles. The quantitative estimate of drug-likeness (QED) is 0.609. The Bertz CT molecular complexity index is 832. The monoisotopic (exact) mass is 388 g/mol. The first-order valence-electron chi connectivity index (χ1n) is 9.47. The predicted molar refractivity (Wildman–Crippen MR) is 98.1 cm³/mol. The molecule has 0 spiro atoms. The largest absolute Gasteiger partial charge is 0.504 e. The molecule has 7 heteroatoms. The first-order chi connectivity index (χ1) is 13.5. The zero-order chi connectivity index (χ0) is 19.7. The minimum Gasteiger partial charge on any atom is -0.504 e. The molecule has 1 saturated carbocycles. The molecule has 3 unspecified atom stereocenters. The highest BCUT2D eigenvalue weighted by atomic mass is 19.1. The van der Waals surface area contributed by atoms with Gasteiger partial charge in [-0.05, 0) is 61.1 Å². The van der Waals surface area contributed by atoms with Crippen LogP contribution in [0.3, 0.4) is 0 Å². The second-order valence-corrected chi connectivity index (χ2v) is 7.69. The maximum atomic E-state index is 13.5. The summed E-state index contributed by atoms with van der Waals surface area (Å²) in [6, 6.07) is 8.80. The average molecular weight is 388 g/mol. The molecule has 28 heavy (non-hydrogen) atoms. The van der Waals surface area contributed by atoms with Crippen molar-refractivity contribution in [3.63, 3.8) is 0 Å². The molecule has 148 valence electrons. The van der Waals surface area contributed by atoms with E-state index < -0.39 is 17.6 Å². The van der Waals surface area contributed by atoms with Gasteiger partial charge in [0.2, 0.25) is 0 Å². The van der Waals surface area contributed by atoms with Crippen molar-refractivity contribution in [3.8, 4) is 11.5 Å². The van der Waals surface area contributed by atoms with Crippen LogP contribution in [-0.2, 0) is 4.79 Å². The van der Waals surface area contributed by atoms with Crippen LogP contribution < -0.4 is 4.74 Å². The maximum absolute atomic E-state index is 13.5. The lowest BCUT2D eigenvalue weighted by Crippen LogP contribution is -2.30. The normalized spacial score (nSPS) is 25.4. The van der Waals surface area contributed by atoms with Crippen LogP contribution in [0.4, 0.5) is 8.78 Å². The van der Waals surface area contributed by atoms with Crippen LogP contribution in [-0.4, -0.2) is 47.0 Å². The van der Waals surface area contributed by atoms with Gasteiger partial charge < -0.3 is 19.5 Å². The second-order valence-electron chi connectivity index (χ2n) is 7.69. The number of ether oxygens (including phenoxy) is 1. The Morgan fingerprint density at radius 2 is 1.82 bits per heavy atom. The fraction of sp³-hybridized carbons (Fsp3) is 0.429. The molecule has 2 heterocycles. The lowest BCUT2D eigenvalue weighted by atomic mass is 10.0. The topological polar surface area (TPSA) is 62.7 Å². The van der Waals surface area contributed by atoms with E-state index in [1.165, 1.54) is 24.3 Å². The van der Waals surface area contributed by atoms with Crippen molar-refractivity contribution in [1.29, 1.82) is 0 Å². The zero-order valence-electron chi connectivity index (χ0n) is 15.3. The van der Waals surface area contributed by atoms with Gasteiger partial charge in [-0.2, -0.15) is 4.39 Å². The number of likely N-dealkylation sites (tertiary alicyclic amines) is 1. The van der Waals surface area contributed by atoms with Crippen molar-refractivity contribution in [1.82, 2.24) is 9.88 Å². The molecule has 2 fully saturated rings. The number of nitrogens with zero attached hydrogens (tertiary/aromatic N) is 2. The highest BCUT2D eigenvalue weighted by Gasteiger charge is 2.42. The van der Waals surface area contributed by atoms with Crippen molar-refractivity contribution in [3.05, 3.63) is 53.9 Å². The first kappa shape index (κ1) is 18.8. The van der Waals surface area contributed by atoms with E-state index in [0.29, 0.717) is 29.8 Å². The van der Waals surface area contributed by atoms with Gasteiger partial charge in [0.1, 0.15) is 17.9 Å². The highest BCUT2D eigenvalue weighted by molar-refractivity contribution is 5.61. The molecule has 4 rings (SSSR count). The van der Waals surface area contributed by atoms with Crippen LogP contribution in [0.2, 0.25) is 0 Å². The summed E-state index contributed by atoms with van der Waals surface area (Å²) >= 11 is 0. The molecule has 0 bridgehead atoms. The van der Waals surface area contributed by atoms with E-state index in [0.717, 1.165) is 32.2 Å². The second kappa shape index (κ2) is 7.83. The van der Waals surface area contributed by atoms with Crippen LogP contribution in [0.15, 0.2) is 36.4 Å². The Kier molecular flexibility index (Phi) is 5.26. The number of rotatable bonds is 6. The number of pyridine rings is 1. The van der Waals surface area contributed by atoms with Crippen LogP contribution in [0, 0.1) is 23.6 Å². The number of aromatic hydroxyl groups is 1. The molecule has 3 atom stereocenters. The van der Waals surface area contributed by atoms with E-state index >= 15 is 0 Å². The van der Waals surface area contributed by atoms with E-state index in [-0.39, 0.29) is 11.9 Å². The number of carbonyl (C=O) groups excluding carboxylic acids is 1. The van der Waals surface area contributed by atoms with Crippen molar-refractivity contribution in [2.24, 2.45) is 11.8 Å². The molecule has 0 radical (unpaired) electrons. The van der Waals surface area contributed by atoms with E-state index in [1.807, 2.05) is 0 Å². The molecule has 1 aliphatic heterocycles. The van der Waals surface area contributed by atoms with Crippen molar-refractivity contribution < 1.29 is 23.4 Å². The molecule has 1 aromatic heterocycles. The Balaban J connectivity index is 1.32. The van der Waals surface area contributed by atoms with Gasteiger partial charge in [0, 0.05) is 19.6 Å². The Morgan fingerprint density at radius 1 is 1.14 bits per heavy atom. The van der Waals surface area contributed by atoms with Crippen molar-refractivity contribution in [2.75, 3.05) is 19.6 Å². The van der Waals surface area contributed by atoms with E-state index in [4.69, 9.17) is 4.74 Å². The molecular formula is C21H22F2N2O3. The van der Waals surface area contributed by atoms with Gasteiger partial charge in [0.05, 0.1) is 17.7 Å². The Hall–Kier alpha value is -2.54. The third-order valence-electron chi connectivity index (χ3n) is 5.75. The van der Waals surface area contributed by atoms with Crippen LogP contribution >= 0.6 is 0 Å². The molecule has 2 aromatic rings. The molecule has 1 saturated heterocycles. The summed E-state index contributed by atoms with van der Waals surface area (Å²) < 4.78 is 32.5. The van der Waals surface area contributed by atoms with Crippen LogP contribution in [0.1, 0.15) is 24.5 Å². The number of carbonyl (C=O) groups is 1. The third-order valence-corrected chi connectivity index (χ3v) is 5.75. The van der Waals surface area contributed by atoms with Gasteiger partial charge in [-0.1, -0.05) is 0 Å². The van der Waals surface area contributed by atoms with E-state index in [9.17, 15) is 18.7 Å². The van der Waals surface area contributed by atoms with Gasteiger partial charge in [-0.25, -0.2) is 9.37 Å². The van der Waals surface area contributed by atoms with Gasteiger partial charge >= 0.3 is 0 Å². The minimum absolute atomic E-state index is 0.123. The summed E-state index contributed by atoms with van der Waals surface area (Å²) in [7, 11) is 0. The van der Waals surface area contributed by atoms with E-state index in [2.05, 4.69) is 9.88 Å². The van der Waals surface area contributed by atoms with Gasteiger partial charge in [-0.3, -0.25) is 0 Å². The summed E-state index contributed by atoms with van der Waals surface area (Å²) in [6.45, 7) is 2.20. The van der Waals surface area contributed by atoms with Gasteiger partial charge in [0.25, 0.3) is 5.95 Å². The number of aromatic nitrogens is 1.